The predicted molar refractivity (Wildman–Crippen MR) is 101 cm³/mol. The Morgan fingerprint density at radius 2 is 1.83 bits per heavy atom. The molecule has 0 aliphatic heterocycles. The fourth-order valence-electron chi connectivity index (χ4n) is 2.71. The Labute approximate surface area is 168 Å². The summed E-state index contributed by atoms with van der Waals surface area (Å²) in [7, 11) is 1.54. The van der Waals surface area contributed by atoms with Crippen molar-refractivity contribution in [3.05, 3.63) is 93.9 Å². The Morgan fingerprint density at radius 1 is 1.13 bits per heavy atom. The topological polar surface area (TPSA) is 76.0 Å². The first-order valence-corrected chi connectivity index (χ1v) is 8.67. The van der Waals surface area contributed by atoms with Crippen LogP contribution >= 0.6 is 0 Å². The number of aryl methyl sites for hydroxylation is 1. The molecule has 0 saturated heterocycles. The lowest BCUT2D eigenvalue weighted by Crippen LogP contribution is -2.34. The number of halogens is 4. The molecule has 0 radical (unpaired) electrons. The van der Waals surface area contributed by atoms with Gasteiger partial charge in [0.1, 0.15) is 17.6 Å². The molecule has 0 aliphatic carbocycles. The van der Waals surface area contributed by atoms with E-state index in [9.17, 15) is 27.2 Å². The first-order valence-electron chi connectivity index (χ1n) is 8.67. The van der Waals surface area contributed by atoms with Crippen LogP contribution in [0.25, 0.3) is 0 Å². The average molecular weight is 420 g/mol. The summed E-state index contributed by atoms with van der Waals surface area (Å²) in [6.45, 7) is 0. The number of rotatable bonds is 4. The number of anilines is 1. The molecule has 1 aromatic carbocycles. The maximum absolute atomic E-state index is 14.3. The number of nitrogens with one attached hydrogen (secondary N) is 2. The third kappa shape index (κ3) is 4.83. The van der Waals surface area contributed by atoms with Crippen LogP contribution in [0.15, 0.2) is 65.7 Å². The molecule has 0 fully saturated rings. The predicted octanol–water partition coefficient (Wildman–Crippen LogP) is 3.85. The van der Waals surface area contributed by atoms with Crippen LogP contribution < -0.4 is 16.2 Å². The fourth-order valence-corrected chi connectivity index (χ4v) is 2.71. The molecule has 156 valence electrons. The zero-order valence-corrected chi connectivity index (χ0v) is 15.6. The number of carbonyl (C=O) groups is 1. The SMILES string of the molecule is Cn1ccc(NC(=O)NC(c2ccc(C(F)(F)F)cc2)c2ncccc2F)cc1=O. The molecule has 2 heterocycles. The summed E-state index contributed by atoms with van der Waals surface area (Å²) in [4.78, 5) is 28.0. The van der Waals surface area contributed by atoms with Crippen molar-refractivity contribution >= 4 is 11.7 Å². The van der Waals surface area contributed by atoms with Crippen molar-refractivity contribution in [2.24, 2.45) is 7.05 Å². The van der Waals surface area contributed by atoms with E-state index >= 15 is 0 Å². The summed E-state index contributed by atoms with van der Waals surface area (Å²) in [5.41, 5.74) is -1.02. The molecular weight excluding hydrogens is 404 g/mol. The number of amides is 2. The molecule has 0 saturated carbocycles. The number of hydrogen-bond acceptors (Lipinski definition) is 3. The molecule has 2 amide bonds. The van der Waals surface area contributed by atoms with E-state index in [0.29, 0.717) is 0 Å². The Hall–Kier alpha value is -3.69. The Morgan fingerprint density at radius 3 is 2.43 bits per heavy atom. The van der Waals surface area contributed by atoms with E-state index in [1.54, 1.807) is 0 Å². The van der Waals surface area contributed by atoms with Gasteiger partial charge in [-0.15, -0.1) is 0 Å². The van der Waals surface area contributed by atoms with Crippen LogP contribution in [-0.4, -0.2) is 15.6 Å². The van der Waals surface area contributed by atoms with Gasteiger partial charge < -0.3 is 15.2 Å². The molecule has 2 aromatic heterocycles. The fraction of sp³-hybridized carbons (Fsp3) is 0.150. The van der Waals surface area contributed by atoms with Gasteiger partial charge >= 0.3 is 12.2 Å². The molecule has 10 heteroatoms. The second-order valence-electron chi connectivity index (χ2n) is 6.39. The Kier molecular flexibility index (Phi) is 5.86. The van der Waals surface area contributed by atoms with Crippen molar-refractivity contribution in [1.82, 2.24) is 14.9 Å². The van der Waals surface area contributed by atoms with Gasteiger partial charge in [0.25, 0.3) is 5.56 Å². The van der Waals surface area contributed by atoms with Crippen molar-refractivity contribution in [1.29, 1.82) is 0 Å². The minimum Gasteiger partial charge on any atom is -0.325 e. The van der Waals surface area contributed by atoms with Gasteiger partial charge in [0.15, 0.2) is 0 Å². The van der Waals surface area contributed by atoms with Gasteiger partial charge in [0.05, 0.1) is 5.56 Å². The van der Waals surface area contributed by atoms with Gasteiger partial charge in [-0.2, -0.15) is 13.2 Å². The zero-order chi connectivity index (χ0) is 21.9. The molecule has 0 spiro atoms. The molecule has 0 bridgehead atoms. The second-order valence-corrected chi connectivity index (χ2v) is 6.39. The molecule has 1 unspecified atom stereocenters. The maximum atomic E-state index is 14.3. The van der Waals surface area contributed by atoms with Crippen LogP contribution in [0.4, 0.5) is 28.0 Å². The van der Waals surface area contributed by atoms with E-state index in [2.05, 4.69) is 15.6 Å². The molecule has 3 aromatic rings. The molecule has 0 aliphatic rings. The van der Waals surface area contributed by atoms with E-state index in [0.717, 1.165) is 30.3 Å². The largest absolute Gasteiger partial charge is 0.416 e. The van der Waals surface area contributed by atoms with Crippen LogP contribution in [-0.2, 0) is 13.2 Å². The highest BCUT2D eigenvalue weighted by molar-refractivity contribution is 5.89. The number of benzene rings is 1. The highest BCUT2D eigenvalue weighted by Crippen LogP contribution is 2.31. The molecule has 30 heavy (non-hydrogen) atoms. The highest BCUT2D eigenvalue weighted by Gasteiger charge is 2.31. The van der Waals surface area contributed by atoms with Gasteiger partial charge in [0.2, 0.25) is 0 Å². The van der Waals surface area contributed by atoms with E-state index in [4.69, 9.17) is 0 Å². The van der Waals surface area contributed by atoms with Gasteiger partial charge in [0, 0.05) is 31.2 Å². The normalized spacial score (nSPS) is 12.3. The summed E-state index contributed by atoms with van der Waals surface area (Å²) in [5.74, 6) is -0.740. The van der Waals surface area contributed by atoms with E-state index < -0.39 is 29.6 Å². The van der Waals surface area contributed by atoms with Crippen molar-refractivity contribution < 1.29 is 22.4 Å². The van der Waals surface area contributed by atoms with Gasteiger partial charge in [-0.25, -0.2) is 9.18 Å². The van der Waals surface area contributed by atoms with Crippen molar-refractivity contribution in [3.8, 4) is 0 Å². The molecule has 6 nitrogen and oxygen atoms in total. The summed E-state index contributed by atoms with van der Waals surface area (Å²) >= 11 is 0. The Balaban J connectivity index is 1.90. The third-order valence-electron chi connectivity index (χ3n) is 4.27. The van der Waals surface area contributed by atoms with Crippen LogP contribution in [0.1, 0.15) is 22.9 Å². The Bertz CT molecular complexity index is 1110. The van der Waals surface area contributed by atoms with Crippen LogP contribution in [0.3, 0.4) is 0 Å². The number of aromatic nitrogens is 2. The van der Waals surface area contributed by atoms with Crippen molar-refractivity contribution in [3.63, 3.8) is 0 Å². The first kappa shape index (κ1) is 21.0. The second kappa shape index (κ2) is 8.36. The third-order valence-corrected chi connectivity index (χ3v) is 4.27. The van der Waals surface area contributed by atoms with E-state index in [1.165, 1.54) is 42.2 Å². The quantitative estimate of drug-likeness (QED) is 0.630. The van der Waals surface area contributed by atoms with Crippen molar-refractivity contribution in [2.45, 2.75) is 12.2 Å². The number of alkyl halides is 3. The maximum Gasteiger partial charge on any atom is 0.416 e. The number of hydrogen-bond donors (Lipinski definition) is 2. The number of nitrogens with zero attached hydrogens (tertiary/aromatic N) is 2. The standard InChI is InChI=1S/C20H16F4N4O2/c1-28-10-8-14(11-16(28)29)26-19(30)27-17(18-15(21)3-2-9-25-18)12-4-6-13(7-5-12)20(22,23)24/h2-11,17H,1H3,(H2,26,27,30). The number of urea groups is 1. The summed E-state index contributed by atoms with van der Waals surface area (Å²) in [6, 6.07) is 7.14. The first-order chi connectivity index (χ1) is 14.1. The van der Waals surface area contributed by atoms with Gasteiger partial charge in [-0.1, -0.05) is 12.1 Å². The lowest BCUT2D eigenvalue weighted by Gasteiger charge is -2.20. The summed E-state index contributed by atoms with van der Waals surface area (Å²) in [5, 5.41) is 4.93. The lowest BCUT2D eigenvalue weighted by molar-refractivity contribution is -0.137. The monoisotopic (exact) mass is 420 g/mol. The van der Waals surface area contributed by atoms with E-state index in [-0.39, 0.29) is 22.5 Å². The minimum absolute atomic E-state index is 0.170. The minimum atomic E-state index is -4.53. The highest BCUT2D eigenvalue weighted by atomic mass is 19.4. The van der Waals surface area contributed by atoms with Crippen LogP contribution in [0.2, 0.25) is 0 Å². The number of carbonyl (C=O) groups excluding carboxylic acids is 1. The van der Waals surface area contributed by atoms with Gasteiger partial charge in [-0.05, 0) is 35.9 Å². The summed E-state index contributed by atoms with van der Waals surface area (Å²) < 4.78 is 54.1. The van der Waals surface area contributed by atoms with E-state index in [1.807, 2.05) is 0 Å². The molecule has 2 N–H and O–H groups in total. The van der Waals surface area contributed by atoms with Gasteiger partial charge in [-0.3, -0.25) is 9.78 Å². The smallest absolute Gasteiger partial charge is 0.325 e. The average Bonchev–Trinajstić information content (AvgIpc) is 2.69. The van der Waals surface area contributed by atoms with Crippen molar-refractivity contribution in [2.75, 3.05) is 5.32 Å². The number of pyridine rings is 2. The summed E-state index contributed by atoms with van der Waals surface area (Å²) in [6.07, 6.45) is -1.78. The lowest BCUT2D eigenvalue weighted by atomic mass is 10.0. The molecule has 1 atom stereocenters. The van der Waals surface area contributed by atoms with Crippen LogP contribution in [0, 0.1) is 5.82 Å². The molecular formula is C20H16F4N4O2. The molecule has 3 rings (SSSR count). The van der Waals surface area contributed by atoms with Crippen LogP contribution in [0.5, 0.6) is 0 Å². The zero-order valence-electron chi connectivity index (χ0n) is 15.6.